The van der Waals surface area contributed by atoms with Crippen molar-refractivity contribution in [2.45, 2.75) is 19.1 Å². The quantitative estimate of drug-likeness (QED) is 0.422. The van der Waals surface area contributed by atoms with Gasteiger partial charge in [-0.05, 0) is 61.0 Å². The van der Waals surface area contributed by atoms with Gasteiger partial charge in [0.25, 0.3) is 5.91 Å². The van der Waals surface area contributed by atoms with Gasteiger partial charge < -0.3 is 4.74 Å². The SMILES string of the molecule is CCOC(=O)c1ccc(N2C(=O)C3ON(c4ccccc4)C(c4ccc(F)cc4)C3C2=O)cc1. The number of anilines is 2. The zero-order chi connectivity index (χ0) is 23.8. The topological polar surface area (TPSA) is 76.2 Å². The van der Waals surface area contributed by atoms with Crippen molar-refractivity contribution >= 4 is 29.2 Å². The summed E-state index contributed by atoms with van der Waals surface area (Å²) in [5.74, 6) is -2.63. The van der Waals surface area contributed by atoms with Crippen LogP contribution in [0, 0.1) is 11.7 Å². The van der Waals surface area contributed by atoms with Gasteiger partial charge in [0, 0.05) is 0 Å². The number of rotatable bonds is 5. The molecule has 8 heteroatoms. The minimum Gasteiger partial charge on any atom is -0.462 e. The van der Waals surface area contributed by atoms with Gasteiger partial charge >= 0.3 is 5.97 Å². The molecule has 0 saturated carbocycles. The molecule has 0 N–H and O–H groups in total. The Morgan fingerprint density at radius 3 is 2.24 bits per heavy atom. The zero-order valence-corrected chi connectivity index (χ0v) is 18.3. The van der Waals surface area contributed by atoms with Gasteiger partial charge in [0.2, 0.25) is 5.91 Å². The second kappa shape index (κ2) is 8.72. The summed E-state index contributed by atoms with van der Waals surface area (Å²) in [6.07, 6.45) is -1.03. The molecule has 2 aliphatic rings. The molecule has 3 aromatic rings. The molecule has 0 aromatic heterocycles. The average molecular weight is 460 g/mol. The summed E-state index contributed by atoms with van der Waals surface area (Å²) >= 11 is 0. The van der Waals surface area contributed by atoms with E-state index >= 15 is 0 Å². The van der Waals surface area contributed by atoms with Gasteiger partial charge in [-0.25, -0.2) is 19.1 Å². The Morgan fingerprint density at radius 2 is 1.59 bits per heavy atom. The number of nitrogens with zero attached hydrogens (tertiary/aromatic N) is 2. The number of amides is 2. The normalized spacial score (nSPS) is 21.6. The largest absolute Gasteiger partial charge is 0.462 e. The minimum absolute atomic E-state index is 0.243. The van der Waals surface area contributed by atoms with Gasteiger partial charge in [-0.2, -0.15) is 0 Å². The van der Waals surface area contributed by atoms with Crippen molar-refractivity contribution in [3.8, 4) is 0 Å². The van der Waals surface area contributed by atoms with E-state index in [4.69, 9.17) is 9.57 Å². The fraction of sp³-hybridized carbons (Fsp3) is 0.192. The van der Waals surface area contributed by atoms with Gasteiger partial charge in [0.15, 0.2) is 6.10 Å². The van der Waals surface area contributed by atoms with Gasteiger partial charge in [-0.1, -0.05) is 30.3 Å². The van der Waals surface area contributed by atoms with Crippen LogP contribution in [0.2, 0.25) is 0 Å². The van der Waals surface area contributed by atoms with E-state index in [1.807, 2.05) is 30.3 Å². The van der Waals surface area contributed by atoms with Gasteiger partial charge in [0.05, 0.1) is 29.6 Å². The third kappa shape index (κ3) is 3.62. The molecular weight excluding hydrogens is 439 g/mol. The van der Waals surface area contributed by atoms with E-state index in [0.29, 0.717) is 22.5 Å². The number of carbonyl (C=O) groups excluding carboxylic acids is 3. The van der Waals surface area contributed by atoms with Crippen LogP contribution in [0.25, 0.3) is 0 Å². The van der Waals surface area contributed by atoms with Crippen LogP contribution in [0.3, 0.4) is 0 Å². The average Bonchev–Trinajstić information content (AvgIpc) is 3.36. The summed E-state index contributed by atoms with van der Waals surface area (Å²) in [5.41, 5.74) is 1.99. The number of benzene rings is 3. The second-order valence-corrected chi connectivity index (χ2v) is 7.99. The Labute approximate surface area is 195 Å². The Balaban J connectivity index is 1.50. The fourth-order valence-corrected chi connectivity index (χ4v) is 4.43. The third-order valence-corrected chi connectivity index (χ3v) is 5.97. The highest BCUT2D eigenvalue weighted by Gasteiger charge is 2.60. The Hall–Kier alpha value is -4.04. The van der Waals surface area contributed by atoms with E-state index in [0.717, 1.165) is 4.90 Å². The predicted octanol–water partition coefficient (Wildman–Crippen LogP) is 4.05. The van der Waals surface area contributed by atoms with E-state index in [1.165, 1.54) is 36.4 Å². The van der Waals surface area contributed by atoms with Crippen molar-refractivity contribution < 1.29 is 28.3 Å². The number of hydrogen-bond acceptors (Lipinski definition) is 6. The van der Waals surface area contributed by atoms with Gasteiger partial charge in [-0.3, -0.25) is 14.4 Å². The lowest BCUT2D eigenvalue weighted by atomic mass is 9.90. The first-order valence-electron chi connectivity index (χ1n) is 10.9. The monoisotopic (exact) mass is 460 g/mol. The summed E-state index contributed by atoms with van der Waals surface area (Å²) in [7, 11) is 0. The molecule has 3 aromatic carbocycles. The molecule has 3 atom stereocenters. The number of hydrogen-bond donors (Lipinski definition) is 0. The molecule has 0 aliphatic carbocycles. The molecule has 0 spiro atoms. The number of hydroxylamine groups is 1. The molecular formula is C26H21FN2O5. The smallest absolute Gasteiger partial charge is 0.338 e. The molecule has 2 saturated heterocycles. The van der Waals surface area contributed by atoms with Crippen LogP contribution in [0.5, 0.6) is 0 Å². The van der Waals surface area contributed by atoms with E-state index in [-0.39, 0.29) is 6.61 Å². The van der Waals surface area contributed by atoms with Crippen molar-refractivity contribution in [3.63, 3.8) is 0 Å². The highest BCUT2D eigenvalue weighted by molar-refractivity contribution is 6.24. The molecule has 172 valence electrons. The number of ether oxygens (including phenoxy) is 1. The number of halogens is 1. The lowest BCUT2D eigenvalue weighted by Crippen LogP contribution is -2.37. The summed E-state index contributed by atoms with van der Waals surface area (Å²) < 4.78 is 18.6. The lowest BCUT2D eigenvalue weighted by molar-refractivity contribution is -0.126. The van der Waals surface area contributed by atoms with Crippen molar-refractivity contribution in [2.75, 3.05) is 16.6 Å². The zero-order valence-electron chi connectivity index (χ0n) is 18.3. The number of esters is 1. The molecule has 34 heavy (non-hydrogen) atoms. The van der Waals surface area contributed by atoms with Gasteiger partial charge in [0.1, 0.15) is 11.7 Å². The molecule has 2 fully saturated rings. The van der Waals surface area contributed by atoms with Crippen molar-refractivity contribution in [3.05, 3.63) is 95.8 Å². The van der Waals surface area contributed by atoms with Crippen molar-refractivity contribution in [1.29, 1.82) is 0 Å². The minimum atomic E-state index is -1.03. The van der Waals surface area contributed by atoms with Crippen LogP contribution in [0.1, 0.15) is 28.9 Å². The molecule has 0 bridgehead atoms. The molecule has 7 nitrogen and oxygen atoms in total. The maximum Gasteiger partial charge on any atom is 0.338 e. The highest BCUT2D eigenvalue weighted by Crippen LogP contribution is 2.47. The number of fused-ring (bicyclic) bond motifs is 1. The summed E-state index contributed by atoms with van der Waals surface area (Å²) in [4.78, 5) is 46.0. The van der Waals surface area contributed by atoms with Crippen molar-refractivity contribution in [1.82, 2.24) is 0 Å². The van der Waals surface area contributed by atoms with Crippen LogP contribution in [0.4, 0.5) is 15.8 Å². The molecule has 3 unspecified atom stereocenters. The number of imide groups is 1. The number of para-hydroxylation sites is 1. The van der Waals surface area contributed by atoms with E-state index in [2.05, 4.69) is 0 Å². The predicted molar refractivity (Wildman–Crippen MR) is 121 cm³/mol. The Morgan fingerprint density at radius 1 is 0.912 bits per heavy atom. The molecule has 5 rings (SSSR count). The lowest BCUT2D eigenvalue weighted by Gasteiger charge is -2.28. The van der Waals surface area contributed by atoms with E-state index in [9.17, 15) is 18.8 Å². The standard InChI is InChI=1S/C26H21FN2O5/c1-2-33-26(32)17-10-14-19(15-11-17)28-24(30)21-22(16-8-12-18(27)13-9-16)29(34-23(21)25(28)31)20-6-4-3-5-7-20/h3-15,21-23H,2H2,1H3. The van der Waals surface area contributed by atoms with E-state index < -0.39 is 41.7 Å². The maximum atomic E-state index is 13.6. The summed E-state index contributed by atoms with van der Waals surface area (Å²) in [5, 5.41) is 1.56. The molecule has 2 heterocycles. The number of carbonyl (C=O) groups is 3. The third-order valence-electron chi connectivity index (χ3n) is 5.97. The van der Waals surface area contributed by atoms with Crippen LogP contribution in [-0.2, 0) is 19.2 Å². The first-order valence-corrected chi connectivity index (χ1v) is 10.9. The summed E-state index contributed by atoms with van der Waals surface area (Å²) in [6.45, 7) is 1.95. The van der Waals surface area contributed by atoms with Gasteiger partial charge in [-0.15, -0.1) is 0 Å². The van der Waals surface area contributed by atoms with Crippen LogP contribution < -0.4 is 9.96 Å². The van der Waals surface area contributed by atoms with Crippen LogP contribution in [0.15, 0.2) is 78.9 Å². The first kappa shape index (κ1) is 21.8. The highest BCUT2D eigenvalue weighted by atomic mass is 19.1. The van der Waals surface area contributed by atoms with Crippen LogP contribution in [-0.4, -0.2) is 30.5 Å². The molecule has 2 amide bonds. The first-order chi connectivity index (χ1) is 16.5. The molecule has 0 radical (unpaired) electrons. The van der Waals surface area contributed by atoms with E-state index in [1.54, 1.807) is 24.1 Å². The Bertz CT molecular complexity index is 1230. The fourth-order valence-electron chi connectivity index (χ4n) is 4.43. The molecule has 2 aliphatic heterocycles. The van der Waals surface area contributed by atoms with Crippen LogP contribution >= 0.6 is 0 Å². The maximum absolute atomic E-state index is 13.6. The summed E-state index contributed by atoms with van der Waals surface area (Å²) in [6, 6.07) is 20.4. The second-order valence-electron chi connectivity index (χ2n) is 7.99. The van der Waals surface area contributed by atoms with Crippen molar-refractivity contribution in [2.24, 2.45) is 5.92 Å². The Kier molecular flexibility index (Phi) is 5.59.